The average Bonchev–Trinajstić information content (AvgIpc) is 3.36. The number of H-pyrrole nitrogens is 1. The van der Waals surface area contributed by atoms with E-state index in [2.05, 4.69) is 28.1 Å². The van der Waals surface area contributed by atoms with Gasteiger partial charge in [-0.2, -0.15) is 0 Å². The fourth-order valence-electron chi connectivity index (χ4n) is 4.23. The smallest absolute Gasteiger partial charge is 0.263 e. The van der Waals surface area contributed by atoms with Gasteiger partial charge in [-0.15, -0.1) is 0 Å². The van der Waals surface area contributed by atoms with Gasteiger partial charge in [0, 0.05) is 31.0 Å². The molecule has 0 aliphatic carbocycles. The molecule has 2 aromatic carbocycles. The lowest BCUT2D eigenvalue weighted by molar-refractivity contribution is 0.0988. The summed E-state index contributed by atoms with van der Waals surface area (Å²) in [6, 6.07) is 12.0. The minimum atomic E-state index is -0.493. The maximum atomic E-state index is 13.4. The first-order valence-electron chi connectivity index (χ1n) is 9.62. The minimum absolute atomic E-state index is 0.0820. The molecule has 0 bridgehead atoms. The van der Waals surface area contributed by atoms with Crippen molar-refractivity contribution in [1.82, 2.24) is 4.98 Å². The Hall–Kier alpha value is -3.15. The molecular weight excluding hydrogens is 357 g/mol. The molecule has 0 spiro atoms. The van der Waals surface area contributed by atoms with Crippen LogP contribution in [-0.4, -0.2) is 30.5 Å². The van der Waals surface area contributed by atoms with Gasteiger partial charge in [-0.05, 0) is 66.6 Å². The first kappa shape index (κ1) is 17.0. The van der Waals surface area contributed by atoms with Crippen LogP contribution in [0.1, 0.15) is 28.8 Å². The highest BCUT2D eigenvalue weighted by Gasteiger charge is 2.28. The zero-order valence-electron chi connectivity index (χ0n) is 15.4. The Morgan fingerprint density at radius 1 is 1.00 bits per heavy atom. The highest BCUT2D eigenvalue weighted by atomic mass is 19.1. The number of rotatable bonds is 2. The van der Waals surface area contributed by atoms with E-state index in [0.29, 0.717) is 17.4 Å². The largest absolute Gasteiger partial charge is 0.371 e. The Morgan fingerprint density at radius 3 is 2.64 bits per heavy atom. The number of pyridine rings is 1. The number of carbonyl (C=O) groups excluding carboxylic acids is 1. The molecule has 1 fully saturated rings. The van der Waals surface area contributed by atoms with Gasteiger partial charge in [0.2, 0.25) is 0 Å². The minimum Gasteiger partial charge on any atom is -0.371 e. The van der Waals surface area contributed by atoms with Gasteiger partial charge >= 0.3 is 0 Å². The summed E-state index contributed by atoms with van der Waals surface area (Å²) < 4.78 is 13.4. The topological polar surface area (TPSA) is 56.4 Å². The van der Waals surface area contributed by atoms with Crippen molar-refractivity contribution >= 4 is 28.2 Å². The lowest BCUT2D eigenvalue weighted by atomic mass is 10.1. The number of carbonyl (C=O) groups is 1. The molecule has 5 rings (SSSR count). The van der Waals surface area contributed by atoms with Crippen molar-refractivity contribution in [3.8, 4) is 0 Å². The van der Waals surface area contributed by atoms with Crippen molar-refractivity contribution in [3.63, 3.8) is 0 Å². The standard InChI is InChI=1S/C22H20FN3O2/c23-16-5-3-15-11-18(21(27)24-19(15)12-16)22(28)26-10-7-14-4-6-17(13-20(14)26)25-8-1-2-9-25/h3-6,11-13H,1-2,7-10H2,(H,24,27). The second kappa shape index (κ2) is 6.48. The van der Waals surface area contributed by atoms with Crippen LogP contribution >= 0.6 is 0 Å². The molecule has 1 amide bonds. The number of fused-ring (bicyclic) bond motifs is 2. The van der Waals surface area contributed by atoms with E-state index in [1.807, 2.05) is 0 Å². The van der Waals surface area contributed by atoms with Crippen molar-refractivity contribution < 1.29 is 9.18 Å². The molecule has 1 saturated heterocycles. The maximum Gasteiger partial charge on any atom is 0.263 e. The van der Waals surface area contributed by atoms with Gasteiger partial charge in [0.15, 0.2) is 0 Å². The molecule has 0 saturated carbocycles. The molecule has 0 unspecified atom stereocenters. The zero-order valence-corrected chi connectivity index (χ0v) is 15.4. The molecule has 5 nitrogen and oxygen atoms in total. The molecule has 142 valence electrons. The van der Waals surface area contributed by atoms with E-state index < -0.39 is 11.4 Å². The summed E-state index contributed by atoms with van der Waals surface area (Å²) in [6.07, 6.45) is 3.15. The van der Waals surface area contributed by atoms with E-state index in [1.54, 1.807) is 17.0 Å². The predicted molar refractivity (Wildman–Crippen MR) is 108 cm³/mol. The molecule has 2 aliphatic heterocycles. The van der Waals surface area contributed by atoms with E-state index in [-0.39, 0.29) is 11.5 Å². The van der Waals surface area contributed by atoms with Crippen LogP contribution in [0, 0.1) is 5.82 Å². The van der Waals surface area contributed by atoms with E-state index in [9.17, 15) is 14.0 Å². The molecule has 0 atom stereocenters. The van der Waals surface area contributed by atoms with Gasteiger partial charge in [0.1, 0.15) is 11.4 Å². The van der Waals surface area contributed by atoms with Crippen LogP contribution in [0.3, 0.4) is 0 Å². The number of aromatic amines is 1. The third kappa shape index (κ3) is 2.76. The quantitative estimate of drug-likeness (QED) is 0.744. The molecule has 2 aliphatic rings. The zero-order chi connectivity index (χ0) is 19.3. The van der Waals surface area contributed by atoms with Gasteiger partial charge in [-0.3, -0.25) is 9.59 Å². The Balaban J connectivity index is 1.53. The monoisotopic (exact) mass is 377 g/mol. The van der Waals surface area contributed by atoms with E-state index in [1.165, 1.54) is 25.0 Å². The second-order valence-corrected chi connectivity index (χ2v) is 7.46. The van der Waals surface area contributed by atoms with Crippen molar-refractivity contribution in [1.29, 1.82) is 0 Å². The number of amides is 1. The van der Waals surface area contributed by atoms with Crippen molar-refractivity contribution in [2.75, 3.05) is 29.4 Å². The highest BCUT2D eigenvalue weighted by molar-refractivity contribution is 6.08. The SMILES string of the molecule is O=C(c1cc2ccc(F)cc2[nH]c1=O)N1CCc2ccc(N3CCCC3)cc21. The van der Waals surface area contributed by atoms with Gasteiger partial charge < -0.3 is 14.8 Å². The number of nitrogens with one attached hydrogen (secondary N) is 1. The Morgan fingerprint density at radius 2 is 1.82 bits per heavy atom. The molecule has 6 heteroatoms. The lowest BCUT2D eigenvalue weighted by Gasteiger charge is -2.22. The van der Waals surface area contributed by atoms with Crippen LogP contribution in [0.2, 0.25) is 0 Å². The fourth-order valence-corrected chi connectivity index (χ4v) is 4.23. The summed E-state index contributed by atoms with van der Waals surface area (Å²) in [6.45, 7) is 2.62. The van der Waals surface area contributed by atoms with E-state index in [4.69, 9.17) is 0 Å². The average molecular weight is 377 g/mol. The number of anilines is 2. The molecule has 3 heterocycles. The van der Waals surface area contributed by atoms with Crippen LogP contribution in [0.4, 0.5) is 15.8 Å². The number of benzene rings is 2. The summed E-state index contributed by atoms with van der Waals surface area (Å²) in [7, 11) is 0. The van der Waals surface area contributed by atoms with Crippen LogP contribution in [0.15, 0.2) is 47.3 Å². The third-order valence-electron chi connectivity index (χ3n) is 5.72. The number of nitrogens with zero attached hydrogens (tertiary/aromatic N) is 2. The highest BCUT2D eigenvalue weighted by Crippen LogP contribution is 2.34. The van der Waals surface area contributed by atoms with E-state index >= 15 is 0 Å². The maximum absolute atomic E-state index is 13.4. The second-order valence-electron chi connectivity index (χ2n) is 7.46. The number of aromatic nitrogens is 1. The Kier molecular flexibility index (Phi) is 3.93. The van der Waals surface area contributed by atoms with E-state index in [0.717, 1.165) is 36.4 Å². The van der Waals surface area contributed by atoms with Crippen molar-refractivity contribution in [3.05, 3.63) is 69.8 Å². The van der Waals surface area contributed by atoms with Gasteiger partial charge in [0.05, 0.1) is 5.52 Å². The lowest BCUT2D eigenvalue weighted by Crippen LogP contribution is -2.33. The summed E-state index contributed by atoms with van der Waals surface area (Å²) >= 11 is 0. The van der Waals surface area contributed by atoms with Gasteiger partial charge in [-0.1, -0.05) is 6.07 Å². The first-order chi connectivity index (χ1) is 13.6. The molecule has 0 radical (unpaired) electrons. The normalized spacial score (nSPS) is 16.0. The van der Waals surface area contributed by atoms with Crippen LogP contribution in [0.5, 0.6) is 0 Å². The summed E-state index contributed by atoms with van der Waals surface area (Å²) in [5.41, 5.74) is 3.10. The van der Waals surface area contributed by atoms with Crippen LogP contribution in [-0.2, 0) is 6.42 Å². The van der Waals surface area contributed by atoms with Crippen molar-refractivity contribution in [2.45, 2.75) is 19.3 Å². The molecule has 3 aromatic rings. The summed E-state index contributed by atoms with van der Waals surface area (Å²) in [4.78, 5) is 32.3. The predicted octanol–water partition coefficient (Wildman–Crippen LogP) is 3.47. The van der Waals surface area contributed by atoms with Gasteiger partial charge in [-0.25, -0.2) is 4.39 Å². The van der Waals surface area contributed by atoms with Crippen LogP contribution < -0.4 is 15.4 Å². The fraction of sp³-hybridized carbons (Fsp3) is 0.273. The molecule has 1 aromatic heterocycles. The molecular formula is C22H20FN3O2. The Bertz CT molecular complexity index is 1150. The van der Waals surface area contributed by atoms with Crippen molar-refractivity contribution in [2.24, 2.45) is 0 Å². The summed E-state index contributed by atoms with van der Waals surface area (Å²) in [5, 5.41) is 0.634. The number of hydrogen-bond donors (Lipinski definition) is 1. The molecule has 28 heavy (non-hydrogen) atoms. The van der Waals surface area contributed by atoms with Gasteiger partial charge in [0.25, 0.3) is 11.5 Å². The Labute approximate surface area is 161 Å². The number of hydrogen-bond acceptors (Lipinski definition) is 3. The third-order valence-corrected chi connectivity index (χ3v) is 5.72. The van der Waals surface area contributed by atoms with Crippen LogP contribution in [0.25, 0.3) is 10.9 Å². The first-order valence-corrected chi connectivity index (χ1v) is 9.62. The summed E-state index contributed by atoms with van der Waals surface area (Å²) in [5.74, 6) is -0.741. The molecule has 1 N–H and O–H groups in total. The number of halogens is 1.